The molecule has 0 spiro atoms. The second kappa shape index (κ2) is 8.47. The van der Waals surface area contributed by atoms with Crippen molar-refractivity contribution in [2.45, 2.75) is 44.1 Å². The minimum Gasteiger partial charge on any atom is -0.381 e. The molecule has 0 aliphatic carbocycles. The number of piperidine rings is 1. The smallest absolute Gasteiger partial charge is 0.233 e. The Morgan fingerprint density at radius 1 is 1.32 bits per heavy atom. The third-order valence-electron chi connectivity index (χ3n) is 5.70. The van der Waals surface area contributed by atoms with E-state index in [2.05, 4.69) is 0 Å². The van der Waals surface area contributed by atoms with E-state index in [1.807, 2.05) is 17.9 Å². The quantitative estimate of drug-likeness (QED) is 0.890. The van der Waals surface area contributed by atoms with Gasteiger partial charge in [-0.25, -0.2) is 4.39 Å². The Kier molecular flexibility index (Phi) is 6.83. The summed E-state index contributed by atoms with van der Waals surface area (Å²) in [4.78, 5) is 15.3. The van der Waals surface area contributed by atoms with Gasteiger partial charge in [0.1, 0.15) is 5.82 Å². The van der Waals surface area contributed by atoms with Crippen molar-refractivity contribution in [3.8, 4) is 0 Å². The van der Waals surface area contributed by atoms with Crippen LogP contribution in [0.25, 0.3) is 0 Å². The van der Waals surface area contributed by atoms with Gasteiger partial charge in [-0.1, -0.05) is 12.1 Å². The van der Waals surface area contributed by atoms with Crippen LogP contribution >= 0.6 is 12.4 Å². The van der Waals surface area contributed by atoms with Gasteiger partial charge in [-0.3, -0.25) is 4.79 Å². The topological polar surface area (TPSA) is 55.6 Å². The summed E-state index contributed by atoms with van der Waals surface area (Å²) in [5.41, 5.74) is 6.13. The van der Waals surface area contributed by atoms with Gasteiger partial charge in [-0.05, 0) is 56.2 Å². The summed E-state index contributed by atoms with van der Waals surface area (Å²) < 4.78 is 19.2. The van der Waals surface area contributed by atoms with E-state index in [1.165, 1.54) is 12.1 Å². The minimum atomic E-state index is -0.651. The number of hydrogen-bond acceptors (Lipinski definition) is 3. The van der Waals surface area contributed by atoms with Crippen molar-refractivity contribution in [1.82, 2.24) is 4.90 Å². The molecule has 2 fully saturated rings. The Morgan fingerprint density at radius 3 is 2.52 bits per heavy atom. The van der Waals surface area contributed by atoms with E-state index in [0.29, 0.717) is 32.0 Å². The standard InChI is InChI=1S/C19H27FN2O2.ClH/c1-14(21)15-5-9-22(10-6-15)18(23)19(7-11-24-12-8-19)16-3-2-4-17(20)13-16;/h2-4,13-15H,5-12,21H2,1H3;1H. The molecule has 0 bridgehead atoms. The summed E-state index contributed by atoms with van der Waals surface area (Å²) in [6.07, 6.45) is 3.11. The van der Waals surface area contributed by atoms with Gasteiger partial charge in [0.25, 0.3) is 0 Å². The van der Waals surface area contributed by atoms with Crippen LogP contribution in [-0.2, 0) is 14.9 Å². The van der Waals surface area contributed by atoms with E-state index in [1.54, 1.807) is 6.07 Å². The molecule has 4 nitrogen and oxygen atoms in total. The third-order valence-corrected chi connectivity index (χ3v) is 5.70. The lowest BCUT2D eigenvalue weighted by Gasteiger charge is -2.42. The van der Waals surface area contributed by atoms with Gasteiger partial charge in [-0.2, -0.15) is 0 Å². The zero-order valence-corrected chi connectivity index (χ0v) is 15.6. The van der Waals surface area contributed by atoms with E-state index in [9.17, 15) is 9.18 Å². The van der Waals surface area contributed by atoms with Crippen LogP contribution in [0, 0.1) is 11.7 Å². The van der Waals surface area contributed by atoms with E-state index in [-0.39, 0.29) is 30.2 Å². The lowest BCUT2D eigenvalue weighted by atomic mass is 9.72. The molecular weight excluding hydrogens is 343 g/mol. The van der Waals surface area contributed by atoms with Crippen LogP contribution in [0.1, 0.15) is 38.2 Å². The molecule has 2 aliphatic rings. The Bertz CT molecular complexity index is 583. The number of halogens is 2. The van der Waals surface area contributed by atoms with Crippen molar-refractivity contribution in [1.29, 1.82) is 0 Å². The molecule has 1 atom stereocenters. The van der Waals surface area contributed by atoms with Crippen molar-refractivity contribution in [3.05, 3.63) is 35.6 Å². The fourth-order valence-corrected chi connectivity index (χ4v) is 4.06. The molecule has 0 aromatic heterocycles. The van der Waals surface area contributed by atoms with Crippen LogP contribution in [0.15, 0.2) is 24.3 Å². The zero-order valence-electron chi connectivity index (χ0n) is 14.7. The Morgan fingerprint density at radius 2 is 1.96 bits per heavy atom. The van der Waals surface area contributed by atoms with E-state index in [0.717, 1.165) is 31.5 Å². The number of hydrogen-bond donors (Lipinski definition) is 1. The van der Waals surface area contributed by atoms with Gasteiger partial charge in [-0.15, -0.1) is 12.4 Å². The molecule has 2 N–H and O–H groups in total. The van der Waals surface area contributed by atoms with Crippen LogP contribution < -0.4 is 5.73 Å². The zero-order chi connectivity index (χ0) is 17.2. The van der Waals surface area contributed by atoms with Gasteiger partial charge < -0.3 is 15.4 Å². The van der Waals surface area contributed by atoms with Gasteiger partial charge in [0.05, 0.1) is 5.41 Å². The molecule has 6 heteroatoms. The number of rotatable bonds is 3. The molecule has 0 radical (unpaired) electrons. The second-order valence-corrected chi connectivity index (χ2v) is 7.19. The fraction of sp³-hybridized carbons (Fsp3) is 0.632. The lowest BCUT2D eigenvalue weighted by molar-refractivity contribution is -0.143. The third kappa shape index (κ3) is 4.15. The number of benzene rings is 1. The van der Waals surface area contributed by atoms with E-state index >= 15 is 0 Å². The Hall–Kier alpha value is -1.17. The molecule has 25 heavy (non-hydrogen) atoms. The average molecular weight is 371 g/mol. The summed E-state index contributed by atoms with van der Waals surface area (Å²) in [5, 5.41) is 0. The van der Waals surface area contributed by atoms with E-state index in [4.69, 9.17) is 10.5 Å². The summed E-state index contributed by atoms with van der Waals surface area (Å²) in [6, 6.07) is 6.67. The summed E-state index contributed by atoms with van der Waals surface area (Å²) in [6.45, 7) is 4.60. The van der Waals surface area contributed by atoms with Crippen LogP contribution in [0.5, 0.6) is 0 Å². The molecule has 1 unspecified atom stereocenters. The number of likely N-dealkylation sites (tertiary alicyclic amines) is 1. The normalized spacial score (nSPS) is 22.1. The highest BCUT2D eigenvalue weighted by atomic mass is 35.5. The first kappa shape index (κ1) is 20.1. The lowest BCUT2D eigenvalue weighted by Crippen LogP contribution is -2.53. The number of nitrogens with zero attached hydrogens (tertiary/aromatic N) is 1. The van der Waals surface area contributed by atoms with Crippen LogP contribution in [0.4, 0.5) is 4.39 Å². The highest BCUT2D eigenvalue weighted by Crippen LogP contribution is 2.38. The summed E-state index contributed by atoms with van der Waals surface area (Å²) in [7, 11) is 0. The van der Waals surface area contributed by atoms with Gasteiger partial charge in [0, 0.05) is 32.3 Å². The fourth-order valence-electron chi connectivity index (χ4n) is 4.06. The molecule has 0 saturated carbocycles. The Balaban J connectivity index is 0.00000225. The first-order chi connectivity index (χ1) is 11.5. The second-order valence-electron chi connectivity index (χ2n) is 7.19. The number of carbonyl (C=O) groups excluding carboxylic acids is 1. The van der Waals surface area contributed by atoms with Crippen LogP contribution in [-0.4, -0.2) is 43.2 Å². The highest BCUT2D eigenvalue weighted by Gasteiger charge is 2.44. The predicted molar refractivity (Wildman–Crippen MR) is 98.3 cm³/mol. The number of carbonyl (C=O) groups is 1. The van der Waals surface area contributed by atoms with Gasteiger partial charge >= 0.3 is 0 Å². The maximum absolute atomic E-state index is 13.8. The predicted octanol–water partition coefficient (Wildman–Crippen LogP) is 2.88. The summed E-state index contributed by atoms with van der Waals surface area (Å²) >= 11 is 0. The van der Waals surface area contributed by atoms with Gasteiger partial charge in [0.2, 0.25) is 5.91 Å². The monoisotopic (exact) mass is 370 g/mol. The SMILES string of the molecule is CC(N)C1CCN(C(=O)C2(c3cccc(F)c3)CCOCC2)CC1.Cl. The molecule has 3 rings (SSSR count). The maximum Gasteiger partial charge on any atom is 0.233 e. The molecular formula is C19H28ClFN2O2. The largest absolute Gasteiger partial charge is 0.381 e. The molecule has 1 amide bonds. The average Bonchev–Trinajstić information content (AvgIpc) is 2.62. The van der Waals surface area contributed by atoms with Gasteiger partial charge in [0.15, 0.2) is 0 Å². The van der Waals surface area contributed by atoms with Crippen molar-refractivity contribution >= 4 is 18.3 Å². The number of nitrogens with two attached hydrogens (primary N) is 1. The highest BCUT2D eigenvalue weighted by molar-refractivity contribution is 5.88. The molecule has 2 aliphatic heterocycles. The van der Waals surface area contributed by atoms with Crippen molar-refractivity contribution in [2.75, 3.05) is 26.3 Å². The first-order valence-electron chi connectivity index (χ1n) is 8.92. The van der Waals surface area contributed by atoms with Crippen molar-refractivity contribution < 1.29 is 13.9 Å². The molecule has 1 aromatic rings. The van der Waals surface area contributed by atoms with Crippen LogP contribution in [0.2, 0.25) is 0 Å². The molecule has 2 saturated heterocycles. The van der Waals surface area contributed by atoms with E-state index < -0.39 is 5.41 Å². The molecule has 1 aromatic carbocycles. The van der Waals surface area contributed by atoms with Crippen molar-refractivity contribution in [2.24, 2.45) is 11.7 Å². The minimum absolute atomic E-state index is 0. The number of ether oxygens (including phenoxy) is 1. The first-order valence-corrected chi connectivity index (χ1v) is 8.92. The molecule has 2 heterocycles. The summed E-state index contributed by atoms with van der Waals surface area (Å²) in [5.74, 6) is 0.315. The molecule has 140 valence electrons. The Labute approximate surface area is 155 Å². The van der Waals surface area contributed by atoms with Crippen molar-refractivity contribution in [3.63, 3.8) is 0 Å². The maximum atomic E-state index is 13.8. The van der Waals surface area contributed by atoms with Crippen LogP contribution in [0.3, 0.4) is 0 Å². The number of amides is 1.